The molecule has 0 fully saturated rings. The van der Waals surface area contributed by atoms with Crippen LogP contribution in [0.5, 0.6) is 5.75 Å². The molecule has 2 aromatic rings. The van der Waals surface area contributed by atoms with Crippen molar-refractivity contribution >= 4 is 5.69 Å². The van der Waals surface area contributed by atoms with Crippen LogP contribution in [0.2, 0.25) is 0 Å². The molecule has 0 aliphatic carbocycles. The maximum Gasteiger partial charge on any atom is 0.271 e. The number of hydrogen-bond donors (Lipinski definition) is 1. The Morgan fingerprint density at radius 1 is 1.43 bits per heavy atom. The minimum atomic E-state index is -0.427. The summed E-state index contributed by atoms with van der Waals surface area (Å²) in [6.45, 7) is 4.54. The number of aromatic nitrogens is 2. The van der Waals surface area contributed by atoms with Gasteiger partial charge in [0.2, 0.25) is 0 Å². The first-order valence-electron chi connectivity index (χ1n) is 6.52. The quantitative estimate of drug-likeness (QED) is 0.673. The highest BCUT2D eigenvalue weighted by molar-refractivity contribution is 5.54. The van der Waals surface area contributed by atoms with Gasteiger partial charge in [0.15, 0.2) is 0 Å². The molecular weight excluding hydrogens is 272 g/mol. The number of nitrogens with one attached hydrogen (secondary N) is 1. The second-order valence-corrected chi connectivity index (χ2v) is 4.70. The van der Waals surface area contributed by atoms with Crippen molar-refractivity contribution in [1.29, 1.82) is 0 Å². The van der Waals surface area contributed by atoms with Crippen molar-refractivity contribution in [2.24, 2.45) is 0 Å². The van der Waals surface area contributed by atoms with E-state index >= 15 is 0 Å². The fourth-order valence-corrected chi connectivity index (χ4v) is 2.30. The molecule has 0 saturated heterocycles. The number of aryl methyl sites for hydroxylation is 1. The Bertz CT molecular complexity index is 679. The largest absolute Gasteiger partial charge is 0.494 e. The number of benzene rings is 1. The van der Waals surface area contributed by atoms with Gasteiger partial charge in [-0.15, -0.1) is 0 Å². The minimum absolute atomic E-state index is 0.00789. The SMILES string of the molecule is CNCc1c(C)nn(-c2cc([N+](=O)[O-])ccc2OC)c1C. The summed E-state index contributed by atoms with van der Waals surface area (Å²) in [5.41, 5.74) is 3.46. The van der Waals surface area contributed by atoms with Crippen LogP contribution in [0.15, 0.2) is 18.2 Å². The van der Waals surface area contributed by atoms with E-state index in [0.717, 1.165) is 17.0 Å². The van der Waals surface area contributed by atoms with Gasteiger partial charge >= 0.3 is 0 Å². The second kappa shape index (κ2) is 5.92. The predicted molar refractivity (Wildman–Crippen MR) is 79.0 cm³/mol. The lowest BCUT2D eigenvalue weighted by atomic mass is 10.2. The van der Waals surface area contributed by atoms with Crippen LogP contribution in [0.3, 0.4) is 0 Å². The third-order valence-corrected chi connectivity index (χ3v) is 3.40. The fraction of sp³-hybridized carbons (Fsp3) is 0.357. The van der Waals surface area contributed by atoms with E-state index < -0.39 is 4.92 Å². The van der Waals surface area contributed by atoms with Gasteiger partial charge < -0.3 is 10.1 Å². The Morgan fingerprint density at radius 2 is 2.14 bits per heavy atom. The molecule has 2 rings (SSSR count). The van der Waals surface area contributed by atoms with E-state index in [2.05, 4.69) is 10.4 Å². The Morgan fingerprint density at radius 3 is 2.71 bits per heavy atom. The van der Waals surface area contributed by atoms with Crippen LogP contribution in [-0.4, -0.2) is 28.9 Å². The van der Waals surface area contributed by atoms with E-state index in [-0.39, 0.29) is 5.69 Å². The molecule has 1 aromatic heterocycles. The highest BCUT2D eigenvalue weighted by Gasteiger charge is 2.18. The molecule has 0 unspecified atom stereocenters. The summed E-state index contributed by atoms with van der Waals surface area (Å²) < 4.78 is 6.99. The predicted octanol–water partition coefficient (Wildman–Crippen LogP) is 2.13. The summed E-state index contributed by atoms with van der Waals surface area (Å²) in [6, 6.07) is 4.48. The number of ether oxygens (including phenoxy) is 1. The van der Waals surface area contributed by atoms with Gasteiger partial charge in [-0.3, -0.25) is 10.1 Å². The summed E-state index contributed by atoms with van der Waals surface area (Å²) in [5.74, 6) is 0.544. The first-order chi connectivity index (χ1) is 9.99. The molecule has 1 aromatic carbocycles. The molecule has 7 nitrogen and oxygen atoms in total. The first kappa shape index (κ1) is 15.0. The van der Waals surface area contributed by atoms with E-state index in [0.29, 0.717) is 18.0 Å². The van der Waals surface area contributed by atoms with Crippen molar-refractivity contribution in [3.8, 4) is 11.4 Å². The molecule has 7 heteroatoms. The molecule has 112 valence electrons. The lowest BCUT2D eigenvalue weighted by Crippen LogP contribution is -2.08. The number of nitrogens with zero attached hydrogens (tertiary/aromatic N) is 3. The molecule has 0 atom stereocenters. The average Bonchev–Trinajstić information content (AvgIpc) is 2.75. The van der Waals surface area contributed by atoms with Crippen LogP contribution in [0.1, 0.15) is 17.0 Å². The number of methoxy groups -OCH3 is 1. The maximum absolute atomic E-state index is 11.0. The zero-order valence-electron chi connectivity index (χ0n) is 12.5. The van der Waals surface area contributed by atoms with Crippen LogP contribution >= 0.6 is 0 Å². The summed E-state index contributed by atoms with van der Waals surface area (Å²) in [7, 11) is 3.40. The monoisotopic (exact) mass is 290 g/mol. The lowest BCUT2D eigenvalue weighted by molar-refractivity contribution is -0.384. The zero-order chi connectivity index (χ0) is 15.6. The molecule has 0 spiro atoms. The molecule has 1 N–H and O–H groups in total. The van der Waals surface area contributed by atoms with Gasteiger partial charge in [-0.2, -0.15) is 5.10 Å². The van der Waals surface area contributed by atoms with E-state index in [4.69, 9.17) is 4.74 Å². The molecular formula is C14H18N4O3. The number of hydrogen-bond acceptors (Lipinski definition) is 5. The molecule has 0 aliphatic rings. The van der Waals surface area contributed by atoms with Crippen molar-refractivity contribution in [1.82, 2.24) is 15.1 Å². The summed E-state index contributed by atoms with van der Waals surface area (Å²) >= 11 is 0. The van der Waals surface area contributed by atoms with Crippen molar-refractivity contribution in [3.63, 3.8) is 0 Å². The van der Waals surface area contributed by atoms with Crippen molar-refractivity contribution in [2.45, 2.75) is 20.4 Å². The van der Waals surface area contributed by atoms with E-state index in [1.807, 2.05) is 20.9 Å². The number of nitro groups is 1. The average molecular weight is 290 g/mol. The number of nitro benzene ring substituents is 1. The lowest BCUT2D eigenvalue weighted by Gasteiger charge is -2.10. The molecule has 0 saturated carbocycles. The van der Waals surface area contributed by atoms with Gasteiger partial charge in [0.25, 0.3) is 5.69 Å². The number of non-ortho nitro benzene ring substituents is 1. The Kier molecular flexibility index (Phi) is 4.23. The van der Waals surface area contributed by atoms with Gasteiger partial charge in [-0.05, 0) is 27.0 Å². The van der Waals surface area contributed by atoms with Gasteiger partial charge in [-0.25, -0.2) is 4.68 Å². The molecule has 0 amide bonds. The Labute approximate surface area is 122 Å². The van der Waals surface area contributed by atoms with Crippen LogP contribution < -0.4 is 10.1 Å². The van der Waals surface area contributed by atoms with Crippen molar-refractivity contribution in [2.75, 3.05) is 14.2 Å². The Balaban J connectivity index is 2.62. The normalized spacial score (nSPS) is 10.7. The van der Waals surface area contributed by atoms with Crippen LogP contribution in [0.4, 0.5) is 5.69 Å². The standard InChI is InChI=1S/C14H18N4O3/c1-9-12(8-15-3)10(2)17(16-9)13-7-11(18(19)20)5-6-14(13)21-4/h5-7,15H,8H2,1-4H3. The van der Waals surface area contributed by atoms with Gasteiger partial charge in [-0.1, -0.05) is 0 Å². The van der Waals surface area contributed by atoms with Crippen LogP contribution in [-0.2, 0) is 6.54 Å². The van der Waals surface area contributed by atoms with Crippen LogP contribution in [0, 0.1) is 24.0 Å². The Hall–Kier alpha value is -2.41. The van der Waals surface area contributed by atoms with Gasteiger partial charge in [0.1, 0.15) is 11.4 Å². The van der Waals surface area contributed by atoms with Gasteiger partial charge in [0.05, 0.1) is 17.7 Å². The van der Waals surface area contributed by atoms with Crippen molar-refractivity contribution in [3.05, 3.63) is 45.3 Å². The third-order valence-electron chi connectivity index (χ3n) is 3.40. The fourth-order valence-electron chi connectivity index (χ4n) is 2.30. The molecule has 0 radical (unpaired) electrons. The van der Waals surface area contributed by atoms with E-state index in [9.17, 15) is 10.1 Å². The van der Waals surface area contributed by atoms with E-state index in [1.54, 1.807) is 10.7 Å². The minimum Gasteiger partial charge on any atom is -0.494 e. The highest BCUT2D eigenvalue weighted by Crippen LogP contribution is 2.29. The zero-order valence-corrected chi connectivity index (χ0v) is 12.5. The van der Waals surface area contributed by atoms with Crippen LogP contribution in [0.25, 0.3) is 5.69 Å². The molecule has 0 bridgehead atoms. The molecule has 21 heavy (non-hydrogen) atoms. The van der Waals surface area contributed by atoms with E-state index in [1.165, 1.54) is 19.2 Å². The first-order valence-corrected chi connectivity index (χ1v) is 6.52. The smallest absolute Gasteiger partial charge is 0.271 e. The summed E-state index contributed by atoms with van der Waals surface area (Å²) in [4.78, 5) is 10.5. The second-order valence-electron chi connectivity index (χ2n) is 4.70. The molecule has 1 heterocycles. The third kappa shape index (κ3) is 2.73. The molecule has 0 aliphatic heterocycles. The maximum atomic E-state index is 11.0. The van der Waals surface area contributed by atoms with Gasteiger partial charge in [0, 0.05) is 29.9 Å². The summed E-state index contributed by atoms with van der Waals surface area (Å²) in [5, 5.41) is 18.5. The topological polar surface area (TPSA) is 82.2 Å². The highest BCUT2D eigenvalue weighted by atomic mass is 16.6. The summed E-state index contributed by atoms with van der Waals surface area (Å²) in [6.07, 6.45) is 0. The van der Waals surface area contributed by atoms with Crippen molar-refractivity contribution < 1.29 is 9.66 Å². The number of rotatable bonds is 5.